The Balaban J connectivity index is 1.88. The van der Waals surface area contributed by atoms with E-state index in [9.17, 15) is 5.11 Å². The quantitative estimate of drug-likeness (QED) is 0.798. The second kappa shape index (κ2) is 5.77. The molecule has 1 aromatic rings. The lowest BCUT2D eigenvalue weighted by Gasteiger charge is -2.27. The van der Waals surface area contributed by atoms with Crippen LogP contribution in [0.3, 0.4) is 0 Å². The van der Waals surface area contributed by atoms with Crippen molar-refractivity contribution in [2.75, 3.05) is 34.0 Å². The van der Waals surface area contributed by atoms with E-state index in [1.165, 1.54) is 0 Å². The average Bonchev–Trinajstić information content (AvgIpc) is 2.75. The maximum atomic E-state index is 10.2. The summed E-state index contributed by atoms with van der Waals surface area (Å²) in [5.74, 6) is 1.60. The minimum atomic E-state index is -0.751. The number of likely N-dealkylation sites (N-methyl/N-ethyl adjacent to an activating group) is 1. The molecule has 5 heteroatoms. The van der Waals surface area contributed by atoms with Crippen molar-refractivity contribution in [2.45, 2.75) is 19.1 Å². The number of fused-ring (bicyclic) bond motifs is 1. The van der Waals surface area contributed by atoms with Crippen molar-refractivity contribution in [3.63, 3.8) is 0 Å². The molecule has 0 saturated carbocycles. The van der Waals surface area contributed by atoms with Crippen LogP contribution in [-0.4, -0.2) is 49.6 Å². The first-order valence-corrected chi connectivity index (χ1v) is 6.43. The van der Waals surface area contributed by atoms with E-state index in [2.05, 4.69) is 5.32 Å². The molecule has 0 aliphatic carbocycles. The van der Waals surface area contributed by atoms with Gasteiger partial charge >= 0.3 is 0 Å². The third-order valence-electron chi connectivity index (χ3n) is 2.96. The Kier molecular flexibility index (Phi) is 4.29. The topological polar surface area (TPSA) is 54.0 Å². The Morgan fingerprint density at radius 3 is 2.89 bits per heavy atom. The van der Waals surface area contributed by atoms with Crippen LogP contribution in [0, 0.1) is 0 Å². The molecule has 0 bridgehead atoms. The Hall–Kier alpha value is -1.30. The number of nitrogens with zero attached hydrogens (tertiary/aromatic N) is 1. The monoisotopic (exact) mass is 266 g/mol. The highest BCUT2D eigenvalue weighted by atomic mass is 16.7. The number of aliphatic hydroxyl groups is 1. The summed E-state index contributed by atoms with van der Waals surface area (Å²) in [7, 11) is 3.90. The molecular formula is C14H22N2O3. The Morgan fingerprint density at radius 1 is 1.37 bits per heavy atom. The van der Waals surface area contributed by atoms with Gasteiger partial charge in [0.2, 0.25) is 6.79 Å². The van der Waals surface area contributed by atoms with Crippen molar-refractivity contribution in [1.82, 2.24) is 10.2 Å². The van der Waals surface area contributed by atoms with Gasteiger partial charge in [0.1, 0.15) is 0 Å². The van der Waals surface area contributed by atoms with Crippen LogP contribution in [0.1, 0.15) is 12.5 Å². The van der Waals surface area contributed by atoms with Gasteiger partial charge in [-0.15, -0.1) is 0 Å². The molecule has 0 spiro atoms. The van der Waals surface area contributed by atoms with E-state index in [1.54, 1.807) is 0 Å². The van der Waals surface area contributed by atoms with E-state index in [0.717, 1.165) is 17.1 Å². The molecule has 0 radical (unpaired) electrons. The maximum absolute atomic E-state index is 10.2. The van der Waals surface area contributed by atoms with Crippen molar-refractivity contribution in [3.8, 4) is 11.5 Å². The van der Waals surface area contributed by atoms with Gasteiger partial charge in [0.25, 0.3) is 0 Å². The first-order valence-electron chi connectivity index (χ1n) is 6.43. The van der Waals surface area contributed by atoms with Crippen LogP contribution in [-0.2, 0) is 6.54 Å². The maximum Gasteiger partial charge on any atom is 0.231 e. The van der Waals surface area contributed by atoms with Gasteiger partial charge in [-0.2, -0.15) is 0 Å². The normalized spacial score (nSPS) is 16.7. The number of benzene rings is 1. The Labute approximate surface area is 114 Å². The molecule has 1 aliphatic heterocycles. The molecule has 1 atom stereocenters. The molecule has 1 aromatic carbocycles. The first kappa shape index (κ1) is 14.1. The number of rotatable bonds is 6. The zero-order valence-electron chi connectivity index (χ0n) is 11.8. The lowest BCUT2D eigenvalue weighted by molar-refractivity contribution is 0.0335. The van der Waals surface area contributed by atoms with Gasteiger partial charge in [0.05, 0.1) is 5.60 Å². The van der Waals surface area contributed by atoms with Crippen LogP contribution in [0.2, 0.25) is 0 Å². The van der Waals surface area contributed by atoms with Gasteiger partial charge in [-0.05, 0) is 27.1 Å². The smallest absolute Gasteiger partial charge is 0.231 e. The highest BCUT2D eigenvalue weighted by Crippen LogP contribution is 2.35. The van der Waals surface area contributed by atoms with Gasteiger partial charge in [-0.3, -0.25) is 0 Å². The Morgan fingerprint density at radius 2 is 2.16 bits per heavy atom. The summed E-state index contributed by atoms with van der Waals surface area (Å²) in [6, 6.07) is 5.84. The standard InChI is InChI=1S/C14H22N2O3/c1-14(17,9-16(2)3)8-15-7-11-5-4-6-12-13(11)19-10-18-12/h4-6,15,17H,7-10H2,1-3H3. The molecule has 0 aromatic heterocycles. The van der Waals surface area contributed by atoms with Gasteiger partial charge in [-0.25, -0.2) is 0 Å². The largest absolute Gasteiger partial charge is 0.454 e. The van der Waals surface area contributed by atoms with Crippen LogP contribution in [0.15, 0.2) is 18.2 Å². The lowest BCUT2D eigenvalue weighted by Crippen LogP contribution is -2.45. The molecule has 1 aliphatic rings. The molecule has 5 nitrogen and oxygen atoms in total. The minimum absolute atomic E-state index is 0.282. The number of nitrogens with one attached hydrogen (secondary N) is 1. The van der Waals surface area contributed by atoms with Crippen molar-refractivity contribution in [2.24, 2.45) is 0 Å². The average molecular weight is 266 g/mol. The number of ether oxygens (including phenoxy) is 2. The second-order valence-electron chi connectivity index (χ2n) is 5.49. The van der Waals surface area contributed by atoms with Gasteiger partial charge in [-0.1, -0.05) is 12.1 Å². The molecule has 1 unspecified atom stereocenters. The van der Waals surface area contributed by atoms with Crippen LogP contribution >= 0.6 is 0 Å². The van der Waals surface area contributed by atoms with Crippen molar-refractivity contribution < 1.29 is 14.6 Å². The third kappa shape index (κ3) is 3.83. The van der Waals surface area contributed by atoms with Crippen LogP contribution in [0.5, 0.6) is 11.5 Å². The lowest BCUT2D eigenvalue weighted by atomic mass is 10.1. The first-order chi connectivity index (χ1) is 8.98. The molecule has 1 heterocycles. The van der Waals surface area contributed by atoms with Crippen LogP contribution < -0.4 is 14.8 Å². The highest BCUT2D eigenvalue weighted by molar-refractivity contribution is 5.48. The van der Waals surface area contributed by atoms with E-state index < -0.39 is 5.60 Å². The minimum Gasteiger partial charge on any atom is -0.454 e. The summed E-state index contributed by atoms with van der Waals surface area (Å²) >= 11 is 0. The summed E-state index contributed by atoms with van der Waals surface area (Å²) < 4.78 is 10.8. The zero-order chi connectivity index (χ0) is 13.9. The number of para-hydroxylation sites is 1. The molecule has 2 N–H and O–H groups in total. The van der Waals surface area contributed by atoms with E-state index in [1.807, 2.05) is 44.1 Å². The van der Waals surface area contributed by atoms with E-state index in [4.69, 9.17) is 9.47 Å². The molecule has 106 valence electrons. The van der Waals surface area contributed by atoms with Gasteiger partial charge in [0.15, 0.2) is 11.5 Å². The van der Waals surface area contributed by atoms with Gasteiger partial charge < -0.3 is 24.8 Å². The summed E-state index contributed by atoms with van der Waals surface area (Å²) in [6.07, 6.45) is 0. The van der Waals surface area contributed by atoms with Crippen molar-refractivity contribution in [3.05, 3.63) is 23.8 Å². The summed E-state index contributed by atoms with van der Waals surface area (Å²) in [5.41, 5.74) is 0.300. The van der Waals surface area contributed by atoms with Crippen LogP contribution in [0.25, 0.3) is 0 Å². The van der Waals surface area contributed by atoms with E-state index in [-0.39, 0.29) is 6.79 Å². The molecule has 2 rings (SSSR count). The van der Waals surface area contributed by atoms with Crippen molar-refractivity contribution >= 4 is 0 Å². The zero-order valence-corrected chi connectivity index (χ0v) is 11.8. The molecule has 0 saturated heterocycles. The summed E-state index contributed by atoms with van der Waals surface area (Å²) in [4.78, 5) is 1.97. The fourth-order valence-electron chi connectivity index (χ4n) is 2.33. The number of hydrogen-bond donors (Lipinski definition) is 2. The Bertz CT molecular complexity index is 433. The molecule has 19 heavy (non-hydrogen) atoms. The third-order valence-corrected chi connectivity index (χ3v) is 2.96. The highest BCUT2D eigenvalue weighted by Gasteiger charge is 2.22. The van der Waals surface area contributed by atoms with Gasteiger partial charge in [0, 0.05) is 25.2 Å². The number of hydrogen-bond acceptors (Lipinski definition) is 5. The van der Waals surface area contributed by atoms with Crippen molar-refractivity contribution in [1.29, 1.82) is 0 Å². The summed E-state index contributed by atoms with van der Waals surface area (Å²) in [5, 5.41) is 13.5. The summed E-state index contributed by atoms with van der Waals surface area (Å²) in [6.45, 7) is 3.90. The second-order valence-corrected chi connectivity index (χ2v) is 5.49. The predicted octanol–water partition coefficient (Wildman–Crippen LogP) is 0.817. The van der Waals surface area contributed by atoms with E-state index in [0.29, 0.717) is 19.6 Å². The SMILES string of the molecule is CN(C)CC(C)(O)CNCc1cccc2c1OCO2. The fraction of sp³-hybridized carbons (Fsp3) is 0.571. The van der Waals surface area contributed by atoms with Crippen LogP contribution in [0.4, 0.5) is 0 Å². The molecule has 0 fully saturated rings. The molecule has 0 amide bonds. The molecular weight excluding hydrogens is 244 g/mol. The predicted molar refractivity (Wildman–Crippen MR) is 73.4 cm³/mol. The fourth-order valence-corrected chi connectivity index (χ4v) is 2.33. The van der Waals surface area contributed by atoms with E-state index >= 15 is 0 Å².